The van der Waals surface area contributed by atoms with E-state index in [2.05, 4.69) is 4.74 Å². The molecule has 0 atom stereocenters. The van der Waals surface area contributed by atoms with E-state index in [-0.39, 0.29) is 23.6 Å². The topological polar surface area (TPSA) is 55.6 Å². The Kier molecular flexibility index (Phi) is 2.72. The summed E-state index contributed by atoms with van der Waals surface area (Å²) in [5, 5.41) is 0. The third-order valence-corrected chi connectivity index (χ3v) is 3.85. The number of carbonyl (C=O) groups is 1. The number of ether oxygens (including phenoxy) is 1. The van der Waals surface area contributed by atoms with Gasteiger partial charge in [-0.2, -0.15) is 0 Å². The van der Waals surface area contributed by atoms with Gasteiger partial charge >= 0.3 is 6.36 Å². The van der Waals surface area contributed by atoms with Crippen LogP contribution >= 0.6 is 0 Å². The van der Waals surface area contributed by atoms with Crippen molar-refractivity contribution < 1.29 is 22.7 Å². The van der Waals surface area contributed by atoms with Gasteiger partial charge in [0.15, 0.2) is 0 Å². The number of benzene rings is 1. The van der Waals surface area contributed by atoms with Crippen molar-refractivity contribution in [2.45, 2.75) is 24.6 Å². The molecule has 20 heavy (non-hydrogen) atoms. The Balaban J connectivity index is 1.98. The zero-order valence-electron chi connectivity index (χ0n) is 10.5. The van der Waals surface area contributed by atoms with E-state index in [4.69, 9.17) is 5.73 Å². The van der Waals surface area contributed by atoms with Crippen LogP contribution in [0.3, 0.4) is 0 Å². The Morgan fingerprint density at radius 2 is 2.10 bits per heavy atom. The summed E-state index contributed by atoms with van der Waals surface area (Å²) in [5.74, 6) is -0.608. The first-order valence-electron chi connectivity index (χ1n) is 6.25. The molecule has 1 amide bonds. The highest BCUT2D eigenvalue weighted by molar-refractivity contribution is 5.98. The van der Waals surface area contributed by atoms with Gasteiger partial charge < -0.3 is 15.4 Å². The average molecular weight is 286 g/mol. The quantitative estimate of drug-likeness (QED) is 0.903. The molecule has 0 saturated heterocycles. The molecule has 1 heterocycles. The fraction of sp³-hybridized carbons (Fsp3) is 0.462. The molecule has 0 aromatic heterocycles. The highest BCUT2D eigenvalue weighted by Gasteiger charge is 2.53. The van der Waals surface area contributed by atoms with E-state index in [1.807, 2.05) is 0 Å². The molecular weight excluding hydrogens is 273 g/mol. The third kappa shape index (κ3) is 2.11. The van der Waals surface area contributed by atoms with Crippen LogP contribution in [0, 0.1) is 0 Å². The Bertz CT molecular complexity index is 567. The number of nitrogens with two attached hydrogens (primary N) is 1. The largest absolute Gasteiger partial charge is 0.573 e. The maximum absolute atomic E-state index is 12.3. The van der Waals surface area contributed by atoms with Gasteiger partial charge in [-0.25, -0.2) is 0 Å². The Morgan fingerprint density at radius 1 is 1.40 bits per heavy atom. The minimum Gasteiger partial charge on any atom is -0.406 e. The lowest BCUT2D eigenvalue weighted by Gasteiger charge is -2.17. The van der Waals surface area contributed by atoms with Gasteiger partial charge in [-0.1, -0.05) is 6.07 Å². The maximum atomic E-state index is 12.3. The fourth-order valence-corrected chi connectivity index (χ4v) is 2.76. The van der Waals surface area contributed by atoms with Gasteiger partial charge in [-0.15, -0.1) is 13.2 Å². The van der Waals surface area contributed by atoms with Crippen molar-refractivity contribution in [3.8, 4) is 5.75 Å². The second-order valence-corrected chi connectivity index (χ2v) is 5.19. The molecule has 108 valence electrons. The Labute approximate surface area is 113 Å². The molecule has 1 aliphatic heterocycles. The number of fused-ring (bicyclic) bond motifs is 2. The van der Waals surface area contributed by atoms with Gasteiger partial charge in [0.1, 0.15) is 5.75 Å². The molecule has 7 heteroatoms. The van der Waals surface area contributed by atoms with E-state index in [0.29, 0.717) is 12.2 Å². The van der Waals surface area contributed by atoms with E-state index >= 15 is 0 Å². The van der Waals surface area contributed by atoms with Crippen LogP contribution in [0.2, 0.25) is 0 Å². The number of hydrogen-bond acceptors (Lipinski definition) is 3. The first-order chi connectivity index (χ1) is 9.35. The third-order valence-electron chi connectivity index (χ3n) is 3.85. The van der Waals surface area contributed by atoms with E-state index in [9.17, 15) is 18.0 Å². The van der Waals surface area contributed by atoms with Crippen LogP contribution in [-0.2, 0) is 10.2 Å². The minimum atomic E-state index is -4.74. The summed E-state index contributed by atoms with van der Waals surface area (Å²) in [6, 6.07) is 4.18. The number of anilines is 1. The van der Waals surface area contributed by atoms with Gasteiger partial charge in [0.25, 0.3) is 0 Å². The second-order valence-electron chi connectivity index (χ2n) is 5.19. The predicted octanol–water partition coefficient (Wildman–Crippen LogP) is 1.92. The van der Waals surface area contributed by atoms with Crippen molar-refractivity contribution in [3.05, 3.63) is 23.8 Å². The molecule has 2 N–H and O–H groups in total. The molecule has 1 spiro atoms. The standard InChI is InChI=1S/C13H13F3N2O2/c14-13(15,16)20-8-1-2-9-10(5-8)18(11(19)6-17)7-12(9)3-4-12/h1-2,5H,3-4,6-7,17H2. The summed E-state index contributed by atoms with van der Waals surface area (Å²) in [7, 11) is 0. The van der Waals surface area contributed by atoms with Crippen LogP contribution in [0.25, 0.3) is 0 Å². The monoisotopic (exact) mass is 286 g/mol. The van der Waals surface area contributed by atoms with Crippen molar-refractivity contribution >= 4 is 11.6 Å². The van der Waals surface area contributed by atoms with Crippen LogP contribution in [0.4, 0.5) is 18.9 Å². The molecule has 1 aliphatic carbocycles. The van der Waals surface area contributed by atoms with Crippen molar-refractivity contribution in [2.24, 2.45) is 5.73 Å². The molecule has 0 radical (unpaired) electrons. The first kappa shape index (κ1) is 13.2. The number of carbonyl (C=O) groups excluding carboxylic acids is 1. The van der Waals surface area contributed by atoms with E-state index < -0.39 is 6.36 Å². The number of rotatable bonds is 2. The molecule has 4 nitrogen and oxygen atoms in total. The van der Waals surface area contributed by atoms with Crippen LogP contribution in [0.1, 0.15) is 18.4 Å². The van der Waals surface area contributed by atoms with Gasteiger partial charge in [0.05, 0.1) is 12.2 Å². The summed E-state index contributed by atoms with van der Waals surface area (Å²) in [4.78, 5) is 13.3. The molecule has 1 aromatic rings. The van der Waals surface area contributed by atoms with Crippen LogP contribution in [0.5, 0.6) is 5.75 Å². The molecule has 2 aliphatic rings. The molecule has 0 unspecified atom stereocenters. The minimum absolute atomic E-state index is 0.0864. The Hall–Kier alpha value is -1.76. The predicted molar refractivity (Wildman–Crippen MR) is 65.4 cm³/mol. The molecular formula is C13H13F3N2O2. The van der Waals surface area contributed by atoms with Gasteiger partial charge in [-0.05, 0) is 24.5 Å². The highest BCUT2D eigenvalue weighted by atomic mass is 19.4. The Morgan fingerprint density at radius 3 is 2.65 bits per heavy atom. The van der Waals surface area contributed by atoms with Crippen molar-refractivity contribution in [3.63, 3.8) is 0 Å². The second kappa shape index (κ2) is 4.12. The van der Waals surface area contributed by atoms with Crippen molar-refractivity contribution in [2.75, 3.05) is 18.0 Å². The normalized spacial score (nSPS) is 19.1. The number of amides is 1. The molecule has 1 fully saturated rings. The lowest BCUT2D eigenvalue weighted by molar-refractivity contribution is -0.274. The molecule has 0 bridgehead atoms. The number of halogens is 3. The lowest BCUT2D eigenvalue weighted by Crippen LogP contribution is -2.36. The smallest absolute Gasteiger partial charge is 0.406 e. The number of alkyl halides is 3. The molecule has 1 aromatic carbocycles. The molecule has 1 saturated carbocycles. The highest BCUT2D eigenvalue weighted by Crippen LogP contribution is 2.57. The van der Waals surface area contributed by atoms with E-state index in [1.54, 1.807) is 6.07 Å². The van der Waals surface area contributed by atoms with Gasteiger partial charge in [0.2, 0.25) is 5.91 Å². The SMILES string of the molecule is NCC(=O)N1CC2(CC2)c2ccc(OC(F)(F)F)cc21. The maximum Gasteiger partial charge on any atom is 0.573 e. The summed E-state index contributed by atoms with van der Waals surface area (Å²) in [6.45, 7) is 0.327. The van der Waals surface area contributed by atoms with Gasteiger partial charge in [0, 0.05) is 18.0 Å². The van der Waals surface area contributed by atoms with Crippen LogP contribution in [-0.4, -0.2) is 25.4 Å². The van der Waals surface area contributed by atoms with Crippen molar-refractivity contribution in [1.82, 2.24) is 0 Å². The lowest BCUT2D eigenvalue weighted by atomic mass is 9.99. The fourth-order valence-electron chi connectivity index (χ4n) is 2.76. The van der Waals surface area contributed by atoms with Crippen LogP contribution < -0.4 is 15.4 Å². The summed E-state index contributed by atoms with van der Waals surface area (Å²) in [6.07, 6.45) is -2.87. The number of nitrogens with zero attached hydrogens (tertiary/aromatic N) is 1. The zero-order chi connectivity index (χ0) is 14.5. The first-order valence-corrected chi connectivity index (χ1v) is 6.25. The van der Waals surface area contributed by atoms with E-state index in [1.165, 1.54) is 17.0 Å². The number of hydrogen-bond donors (Lipinski definition) is 1. The summed E-state index contributed by atoms with van der Waals surface area (Å²) in [5.41, 5.74) is 6.67. The summed E-state index contributed by atoms with van der Waals surface area (Å²) >= 11 is 0. The van der Waals surface area contributed by atoms with Crippen molar-refractivity contribution in [1.29, 1.82) is 0 Å². The zero-order valence-corrected chi connectivity index (χ0v) is 10.5. The van der Waals surface area contributed by atoms with E-state index in [0.717, 1.165) is 18.4 Å². The summed E-state index contributed by atoms with van der Waals surface area (Å²) < 4.78 is 40.7. The average Bonchev–Trinajstić information content (AvgIpc) is 3.06. The van der Waals surface area contributed by atoms with Gasteiger partial charge in [-0.3, -0.25) is 4.79 Å². The molecule has 3 rings (SSSR count). The van der Waals surface area contributed by atoms with Crippen LogP contribution in [0.15, 0.2) is 18.2 Å².